The molecule has 9 nitrogen and oxygen atoms in total. The first-order valence-electron chi connectivity index (χ1n) is 11.8. The van der Waals surface area contributed by atoms with Gasteiger partial charge in [-0.3, -0.25) is 15.2 Å². The van der Waals surface area contributed by atoms with E-state index in [4.69, 9.17) is 19.6 Å². The van der Waals surface area contributed by atoms with Gasteiger partial charge in [0.1, 0.15) is 24.0 Å². The molecule has 0 atom stereocenters. The Morgan fingerprint density at radius 3 is 2.55 bits per heavy atom. The van der Waals surface area contributed by atoms with E-state index in [9.17, 15) is 4.79 Å². The molecule has 0 radical (unpaired) electrons. The Bertz CT molecular complexity index is 1480. The number of aryl methyl sites for hydroxylation is 2. The molecule has 192 valence electrons. The van der Waals surface area contributed by atoms with E-state index < -0.39 is 5.91 Å². The Balaban J connectivity index is 1.29. The van der Waals surface area contributed by atoms with Crippen LogP contribution in [-0.4, -0.2) is 52.3 Å². The summed E-state index contributed by atoms with van der Waals surface area (Å²) in [7, 11) is 1.55. The van der Waals surface area contributed by atoms with Crippen LogP contribution in [0.15, 0.2) is 76.6 Å². The molecule has 0 unspecified atom stereocenters. The lowest BCUT2D eigenvalue weighted by Crippen LogP contribution is -2.35. The predicted molar refractivity (Wildman–Crippen MR) is 148 cm³/mol. The largest absolute Gasteiger partial charge is 0.493 e. The summed E-state index contributed by atoms with van der Waals surface area (Å²) >= 11 is 1.23. The molecule has 0 saturated heterocycles. The molecule has 1 N–H and O–H groups in total. The molecule has 0 fully saturated rings. The second-order valence-corrected chi connectivity index (χ2v) is 9.45. The number of carbonyl (C=O) groups excluding carboxylic acids is 1. The number of rotatable bonds is 8. The van der Waals surface area contributed by atoms with Gasteiger partial charge in [-0.15, -0.1) is 0 Å². The summed E-state index contributed by atoms with van der Waals surface area (Å²) in [6.45, 7) is 4.73. The first-order chi connectivity index (χ1) is 18.4. The molecule has 0 bridgehead atoms. The lowest BCUT2D eigenvalue weighted by Gasteiger charge is -2.20. The molecule has 5 rings (SSSR count). The molecule has 2 aliphatic rings. The van der Waals surface area contributed by atoms with Crippen molar-refractivity contribution in [2.75, 3.05) is 20.3 Å². The van der Waals surface area contributed by atoms with Crippen molar-refractivity contribution in [1.82, 2.24) is 9.99 Å². The summed E-state index contributed by atoms with van der Waals surface area (Å²) in [5, 5.41) is 15.4. The minimum Gasteiger partial charge on any atom is -0.493 e. The number of hydrogen-bond donors (Lipinski definition) is 1. The van der Waals surface area contributed by atoms with E-state index in [-0.39, 0.29) is 11.4 Å². The fourth-order valence-corrected chi connectivity index (χ4v) is 4.86. The highest BCUT2D eigenvalue weighted by Gasteiger charge is 2.36. The number of hydrazone groups is 1. The standard InChI is InChI=1S/C28H25N5O4S/c1-17-6-4-7-18(2)24(17)37-13-12-36-22-10-9-19(15-23(22)35-3)14-21-25(29)33-28(31-26(21)34)38-27(32-33)20-8-5-11-30-16-20/h4-11,14-16,29H,12-13H2,1-3H3/b21-14-,29-25?. The minimum atomic E-state index is -0.501. The number of benzene rings is 2. The number of nitrogens with one attached hydrogen (secondary N) is 1. The number of fused-ring (bicyclic) bond motifs is 1. The molecule has 10 heteroatoms. The number of thioether (sulfide) groups is 1. The van der Waals surface area contributed by atoms with Crippen LogP contribution in [0.5, 0.6) is 17.2 Å². The normalized spacial score (nSPS) is 15.8. The number of ether oxygens (including phenoxy) is 3. The van der Waals surface area contributed by atoms with Crippen LogP contribution in [0.25, 0.3) is 6.08 Å². The zero-order valence-electron chi connectivity index (χ0n) is 21.1. The predicted octanol–water partition coefficient (Wildman–Crippen LogP) is 4.83. The number of amides is 1. The first-order valence-corrected chi connectivity index (χ1v) is 12.7. The third kappa shape index (κ3) is 5.16. The Kier molecular flexibility index (Phi) is 7.23. The number of methoxy groups -OCH3 is 1. The number of para-hydroxylation sites is 1. The maximum Gasteiger partial charge on any atom is 0.283 e. The quantitative estimate of drug-likeness (QED) is 0.330. The minimum absolute atomic E-state index is 0.0469. The number of nitrogens with zero attached hydrogens (tertiary/aromatic N) is 4. The topological polar surface area (TPSA) is 109 Å². The first kappa shape index (κ1) is 25.2. The highest BCUT2D eigenvalue weighted by Crippen LogP contribution is 2.33. The second kappa shape index (κ2) is 10.9. The SMILES string of the molecule is COc1cc(/C=C2/C(=N)N3N=C(c4cccnc4)SC3=NC2=O)ccc1OCCOc1c(C)cccc1C. The zero-order chi connectivity index (χ0) is 26.6. The maximum absolute atomic E-state index is 12.8. The van der Waals surface area contributed by atoms with Gasteiger partial charge in [-0.05, 0) is 72.6 Å². The van der Waals surface area contributed by atoms with Crippen molar-refractivity contribution in [3.63, 3.8) is 0 Å². The molecule has 3 aromatic rings. The van der Waals surface area contributed by atoms with Crippen LogP contribution in [0.1, 0.15) is 22.3 Å². The number of aliphatic imine (C=N–C) groups is 1. The summed E-state index contributed by atoms with van der Waals surface area (Å²) in [6, 6.07) is 15.0. The van der Waals surface area contributed by atoms with E-state index in [1.165, 1.54) is 16.8 Å². The van der Waals surface area contributed by atoms with Gasteiger partial charge in [0.05, 0.1) is 12.7 Å². The van der Waals surface area contributed by atoms with Crippen LogP contribution >= 0.6 is 11.8 Å². The molecule has 2 aliphatic heterocycles. The molecule has 38 heavy (non-hydrogen) atoms. The molecular formula is C28H25N5O4S. The molecule has 0 saturated carbocycles. The van der Waals surface area contributed by atoms with Gasteiger partial charge in [0, 0.05) is 18.0 Å². The number of amidine groups is 2. The third-order valence-electron chi connectivity index (χ3n) is 5.86. The van der Waals surface area contributed by atoms with Crippen molar-refractivity contribution >= 4 is 39.8 Å². The maximum atomic E-state index is 12.8. The van der Waals surface area contributed by atoms with Gasteiger partial charge in [-0.2, -0.15) is 15.1 Å². The third-order valence-corrected chi connectivity index (χ3v) is 6.82. The molecule has 1 amide bonds. The van der Waals surface area contributed by atoms with Crippen molar-refractivity contribution in [3.8, 4) is 17.2 Å². The summed E-state index contributed by atoms with van der Waals surface area (Å²) in [5.41, 5.74) is 3.73. The highest BCUT2D eigenvalue weighted by atomic mass is 32.2. The number of pyridine rings is 1. The summed E-state index contributed by atoms with van der Waals surface area (Å²) in [6.07, 6.45) is 4.95. The number of hydrogen-bond acceptors (Lipinski definition) is 8. The fourth-order valence-electron chi connectivity index (χ4n) is 3.98. The van der Waals surface area contributed by atoms with Gasteiger partial charge < -0.3 is 14.2 Å². The van der Waals surface area contributed by atoms with E-state index in [0.29, 0.717) is 40.5 Å². The fraction of sp³-hybridized carbons (Fsp3) is 0.179. The van der Waals surface area contributed by atoms with Crippen LogP contribution in [-0.2, 0) is 4.79 Å². The Morgan fingerprint density at radius 1 is 1.03 bits per heavy atom. The van der Waals surface area contributed by atoms with Gasteiger partial charge in [0.15, 0.2) is 17.3 Å². The van der Waals surface area contributed by atoms with E-state index in [0.717, 1.165) is 22.4 Å². The second-order valence-electron chi connectivity index (χ2n) is 8.50. The lowest BCUT2D eigenvalue weighted by atomic mass is 10.1. The van der Waals surface area contributed by atoms with E-state index >= 15 is 0 Å². The molecule has 0 aliphatic carbocycles. The molecule has 3 heterocycles. The van der Waals surface area contributed by atoms with E-state index in [2.05, 4.69) is 15.1 Å². The summed E-state index contributed by atoms with van der Waals surface area (Å²) in [4.78, 5) is 21.0. The van der Waals surface area contributed by atoms with Crippen molar-refractivity contribution in [3.05, 3.63) is 88.8 Å². The summed E-state index contributed by atoms with van der Waals surface area (Å²) < 4.78 is 17.3. The lowest BCUT2D eigenvalue weighted by molar-refractivity contribution is -0.114. The van der Waals surface area contributed by atoms with Gasteiger partial charge in [0.25, 0.3) is 5.91 Å². The Labute approximate surface area is 224 Å². The van der Waals surface area contributed by atoms with Crippen molar-refractivity contribution in [2.45, 2.75) is 13.8 Å². The van der Waals surface area contributed by atoms with Crippen molar-refractivity contribution in [2.24, 2.45) is 10.1 Å². The molecular weight excluding hydrogens is 502 g/mol. The number of aromatic nitrogens is 1. The average molecular weight is 528 g/mol. The smallest absolute Gasteiger partial charge is 0.283 e. The molecule has 2 aromatic carbocycles. The van der Waals surface area contributed by atoms with Crippen LogP contribution in [0, 0.1) is 19.3 Å². The van der Waals surface area contributed by atoms with Gasteiger partial charge in [-0.25, -0.2) is 0 Å². The van der Waals surface area contributed by atoms with Crippen LogP contribution in [0.2, 0.25) is 0 Å². The van der Waals surface area contributed by atoms with Gasteiger partial charge in [0.2, 0.25) is 5.17 Å². The monoisotopic (exact) mass is 527 g/mol. The summed E-state index contributed by atoms with van der Waals surface area (Å²) in [5.74, 6) is 1.36. The molecule has 0 spiro atoms. The van der Waals surface area contributed by atoms with Crippen LogP contribution < -0.4 is 14.2 Å². The zero-order valence-corrected chi connectivity index (χ0v) is 21.9. The molecule has 1 aromatic heterocycles. The van der Waals surface area contributed by atoms with Crippen LogP contribution in [0.4, 0.5) is 0 Å². The Morgan fingerprint density at radius 2 is 1.82 bits per heavy atom. The van der Waals surface area contributed by atoms with Gasteiger partial charge in [-0.1, -0.05) is 24.3 Å². The van der Waals surface area contributed by atoms with Crippen molar-refractivity contribution in [1.29, 1.82) is 5.41 Å². The number of carbonyl (C=O) groups is 1. The van der Waals surface area contributed by atoms with Crippen molar-refractivity contribution < 1.29 is 19.0 Å². The van der Waals surface area contributed by atoms with Gasteiger partial charge >= 0.3 is 0 Å². The van der Waals surface area contributed by atoms with E-state index in [1.54, 1.807) is 49.8 Å². The van der Waals surface area contributed by atoms with E-state index in [1.807, 2.05) is 38.1 Å². The van der Waals surface area contributed by atoms with Crippen LogP contribution in [0.3, 0.4) is 0 Å². The average Bonchev–Trinajstić information content (AvgIpc) is 3.35. The highest BCUT2D eigenvalue weighted by molar-refractivity contribution is 8.27. The Hall–Kier alpha value is -4.44.